The number of Topliss-reactive ketones (excluding diaryl/α,β-unsaturated/α-hetero) is 1. The molecule has 132 valence electrons. The third-order valence-electron chi connectivity index (χ3n) is 4.71. The Morgan fingerprint density at radius 3 is 2.77 bits per heavy atom. The summed E-state index contributed by atoms with van der Waals surface area (Å²) in [5, 5.41) is 0. The van der Waals surface area contributed by atoms with Gasteiger partial charge in [0.05, 0.1) is 4.47 Å². The van der Waals surface area contributed by atoms with Crippen LogP contribution in [-0.2, 0) is 12.8 Å². The van der Waals surface area contributed by atoms with Gasteiger partial charge in [-0.2, -0.15) is 0 Å². The third kappa shape index (κ3) is 3.44. The van der Waals surface area contributed by atoms with Gasteiger partial charge in [-0.05, 0) is 52.0 Å². The molecule has 1 atom stereocenters. The van der Waals surface area contributed by atoms with Crippen molar-refractivity contribution in [3.63, 3.8) is 0 Å². The molecule has 26 heavy (non-hydrogen) atoms. The SMILES string of the molecule is O=C1CCCc2c1ccc(OC(Cc1ncc[nH]1)c1ccccc1)c2Br. The molecule has 1 heterocycles. The van der Waals surface area contributed by atoms with Crippen molar-refractivity contribution >= 4 is 21.7 Å². The lowest BCUT2D eigenvalue weighted by molar-refractivity contribution is 0.0972. The first-order valence-electron chi connectivity index (χ1n) is 8.77. The maximum absolute atomic E-state index is 12.1. The summed E-state index contributed by atoms with van der Waals surface area (Å²) in [6.45, 7) is 0. The number of imidazole rings is 1. The average molecular weight is 411 g/mol. The van der Waals surface area contributed by atoms with Crippen LogP contribution in [0.1, 0.15) is 46.3 Å². The Morgan fingerprint density at radius 2 is 2.00 bits per heavy atom. The summed E-state index contributed by atoms with van der Waals surface area (Å²) in [6, 6.07) is 13.9. The Kier molecular flexibility index (Phi) is 4.89. The van der Waals surface area contributed by atoms with Gasteiger partial charge in [-0.25, -0.2) is 4.98 Å². The van der Waals surface area contributed by atoms with E-state index in [1.54, 1.807) is 6.20 Å². The molecule has 0 aliphatic heterocycles. The molecule has 0 saturated carbocycles. The van der Waals surface area contributed by atoms with Crippen molar-refractivity contribution in [3.8, 4) is 5.75 Å². The molecule has 1 aliphatic carbocycles. The topological polar surface area (TPSA) is 55.0 Å². The first-order chi connectivity index (χ1) is 12.7. The number of nitrogens with zero attached hydrogens (tertiary/aromatic N) is 1. The van der Waals surface area contributed by atoms with Crippen molar-refractivity contribution in [2.24, 2.45) is 0 Å². The number of ether oxygens (including phenoxy) is 1. The van der Waals surface area contributed by atoms with Crippen LogP contribution < -0.4 is 4.74 Å². The van der Waals surface area contributed by atoms with Crippen molar-refractivity contribution in [1.82, 2.24) is 9.97 Å². The quantitative estimate of drug-likeness (QED) is 0.639. The first-order valence-corrected chi connectivity index (χ1v) is 9.56. The summed E-state index contributed by atoms with van der Waals surface area (Å²) in [6.07, 6.45) is 6.45. The predicted molar refractivity (Wildman–Crippen MR) is 104 cm³/mol. The molecule has 0 radical (unpaired) electrons. The molecule has 1 N–H and O–H groups in total. The average Bonchev–Trinajstić information content (AvgIpc) is 3.18. The molecule has 3 aromatic rings. The minimum absolute atomic E-state index is 0.170. The highest BCUT2D eigenvalue weighted by molar-refractivity contribution is 9.10. The van der Waals surface area contributed by atoms with Crippen LogP contribution in [-0.4, -0.2) is 15.8 Å². The summed E-state index contributed by atoms with van der Waals surface area (Å²) in [5.41, 5.74) is 2.96. The van der Waals surface area contributed by atoms with E-state index in [9.17, 15) is 4.79 Å². The second-order valence-electron chi connectivity index (χ2n) is 6.44. The molecule has 0 bridgehead atoms. The van der Waals surface area contributed by atoms with E-state index >= 15 is 0 Å². The molecule has 0 spiro atoms. The lowest BCUT2D eigenvalue weighted by atomic mass is 9.90. The Balaban J connectivity index is 1.66. The molecule has 2 aromatic carbocycles. The fourth-order valence-electron chi connectivity index (χ4n) is 3.39. The van der Waals surface area contributed by atoms with Crippen molar-refractivity contribution in [2.75, 3.05) is 0 Å². The van der Waals surface area contributed by atoms with Gasteiger partial charge in [-0.15, -0.1) is 0 Å². The number of hydrogen-bond donors (Lipinski definition) is 1. The zero-order valence-corrected chi connectivity index (χ0v) is 15.8. The van der Waals surface area contributed by atoms with E-state index in [0.29, 0.717) is 12.8 Å². The number of hydrogen-bond acceptors (Lipinski definition) is 3. The van der Waals surface area contributed by atoms with Crippen LogP contribution >= 0.6 is 15.9 Å². The molecule has 0 amide bonds. The van der Waals surface area contributed by atoms with E-state index in [0.717, 1.165) is 45.6 Å². The summed E-state index contributed by atoms with van der Waals surface area (Å²) < 4.78 is 7.28. The molecule has 1 aliphatic rings. The second-order valence-corrected chi connectivity index (χ2v) is 7.23. The lowest BCUT2D eigenvalue weighted by Gasteiger charge is -2.23. The minimum Gasteiger partial charge on any atom is -0.484 e. The summed E-state index contributed by atoms with van der Waals surface area (Å²) in [7, 11) is 0. The van der Waals surface area contributed by atoms with E-state index in [2.05, 4.69) is 38.0 Å². The number of benzene rings is 2. The molecule has 5 heteroatoms. The van der Waals surface area contributed by atoms with E-state index < -0.39 is 0 Å². The number of carbonyl (C=O) groups excluding carboxylic acids is 1. The number of aromatic nitrogens is 2. The third-order valence-corrected chi connectivity index (χ3v) is 5.58. The van der Waals surface area contributed by atoms with E-state index in [1.807, 2.05) is 36.5 Å². The monoisotopic (exact) mass is 410 g/mol. The van der Waals surface area contributed by atoms with Gasteiger partial charge in [-0.1, -0.05) is 30.3 Å². The number of nitrogens with one attached hydrogen (secondary N) is 1. The van der Waals surface area contributed by atoms with Crippen molar-refractivity contribution in [1.29, 1.82) is 0 Å². The fraction of sp³-hybridized carbons (Fsp3) is 0.238. The number of H-pyrrole nitrogens is 1. The number of ketones is 1. The Hall–Kier alpha value is -2.40. The van der Waals surface area contributed by atoms with Crippen LogP contribution in [0.5, 0.6) is 5.75 Å². The standard InChI is InChI=1S/C21H19BrN2O2/c22-21-16-7-4-8-17(25)15(16)9-10-18(21)26-19(13-20-23-11-12-24-20)14-5-2-1-3-6-14/h1-3,5-6,9-12,19H,4,7-8,13H2,(H,23,24). The molecule has 4 rings (SSSR count). The number of halogens is 1. The summed E-state index contributed by atoms with van der Waals surface area (Å²) in [4.78, 5) is 19.6. The fourth-order valence-corrected chi connectivity index (χ4v) is 4.03. The van der Waals surface area contributed by atoms with Gasteiger partial charge in [0, 0.05) is 30.8 Å². The number of aromatic amines is 1. The lowest BCUT2D eigenvalue weighted by Crippen LogP contribution is -2.15. The van der Waals surface area contributed by atoms with Crippen LogP contribution in [0.15, 0.2) is 59.3 Å². The van der Waals surface area contributed by atoms with Crippen LogP contribution in [0.2, 0.25) is 0 Å². The summed E-state index contributed by atoms with van der Waals surface area (Å²) in [5.74, 6) is 1.86. The van der Waals surface area contributed by atoms with Gasteiger partial charge < -0.3 is 9.72 Å². The van der Waals surface area contributed by atoms with Crippen LogP contribution in [0.3, 0.4) is 0 Å². The van der Waals surface area contributed by atoms with Gasteiger partial charge in [0.15, 0.2) is 5.78 Å². The summed E-state index contributed by atoms with van der Waals surface area (Å²) >= 11 is 3.67. The number of carbonyl (C=O) groups is 1. The molecule has 4 nitrogen and oxygen atoms in total. The molecular formula is C21H19BrN2O2. The van der Waals surface area contributed by atoms with E-state index in [1.165, 1.54) is 0 Å². The van der Waals surface area contributed by atoms with Gasteiger partial charge in [0.1, 0.15) is 17.7 Å². The van der Waals surface area contributed by atoms with Gasteiger partial charge in [0.25, 0.3) is 0 Å². The molecule has 1 unspecified atom stereocenters. The van der Waals surface area contributed by atoms with E-state index in [4.69, 9.17) is 4.74 Å². The highest BCUT2D eigenvalue weighted by atomic mass is 79.9. The maximum Gasteiger partial charge on any atom is 0.163 e. The van der Waals surface area contributed by atoms with Gasteiger partial charge >= 0.3 is 0 Å². The zero-order chi connectivity index (χ0) is 17.9. The minimum atomic E-state index is -0.170. The number of fused-ring (bicyclic) bond motifs is 1. The second kappa shape index (κ2) is 7.46. The van der Waals surface area contributed by atoms with Crippen molar-refractivity contribution in [3.05, 3.63) is 81.8 Å². The molecule has 0 fully saturated rings. The predicted octanol–water partition coefficient (Wildman–Crippen LogP) is 5.05. The molecule has 0 saturated heterocycles. The number of rotatable bonds is 5. The van der Waals surface area contributed by atoms with Gasteiger partial charge in [-0.3, -0.25) is 4.79 Å². The van der Waals surface area contributed by atoms with E-state index in [-0.39, 0.29) is 11.9 Å². The Morgan fingerprint density at radius 1 is 1.15 bits per heavy atom. The maximum atomic E-state index is 12.1. The molecule has 1 aromatic heterocycles. The molecular weight excluding hydrogens is 392 g/mol. The smallest absolute Gasteiger partial charge is 0.163 e. The van der Waals surface area contributed by atoms with Crippen molar-refractivity contribution < 1.29 is 9.53 Å². The zero-order valence-electron chi connectivity index (χ0n) is 14.2. The van der Waals surface area contributed by atoms with Gasteiger partial charge in [0.2, 0.25) is 0 Å². The van der Waals surface area contributed by atoms with Crippen LogP contribution in [0, 0.1) is 0 Å². The van der Waals surface area contributed by atoms with Crippen LogP contribution in [0.4, 0.5) is 0 Å². The largest absolute Gasteiger partial charge is 0.484 e. The van der Waals surface area contributed by atoms with Crippen molar-refractivity contribution in [2.45, 2.75) is 31.8 Å². The normalized spacial score (nSPS) is 14.7. The van der Waals surface area contributed by atoms with Crippen LogP contribution in [0.25, 0.3) is 0 Å². The first kappa shape index (κ1) is 17.0. The highest BCUT2D eigenvalue weighted by Crippen LogP contribution is 2.37. The highest BCUT2D eigenvalue weighted by Gasteiger charge is 2.23. The Bertz CT molecular complexity index is 907. The Labute approximate surface area is 160 Å².